The quantitative estimate of drug-likeness (QED) is 0.733. The van der Waals surface area contributed by atoms with Crippen LogP contribution < -0.4 is 0 Å². The van der Waals surface area contributed by atoms with E-state index in [0.29, 0.717) is 11.8 Å². The molecule has 1 saturated carbocycles. The molecule has 1 aliphatic rings. The molecule has 2 rings (SSSR count). The summed E-state index contributed by atoms with van der Waals surface area (Å²) in [4.78, 5) is 0. The Labute approximate surface area is 104 Å². The van der Waals surface area contributed by atoms with Gasteiger partial charge in [0.25, 0.3) is 0 Å². The minimum atomic E-state index is 0.526. The van der Waals surface area contributed by atoms with Gasteiger partial charge in [-0.1, -0.05) is 38.1 Å². The topological polar surface area (TPSA) is 23.8 Å². The van der Waals surface area contributed by atoms with Gasteiger partial charge >= 0.3 is 0 Å². The summed E-state index contributed by atoms with van der Waals surface area (Å²) in [6.45, 7) is 4.75. The van der Waals surface area contributed by atoms with E-state index in [1.165, 1.54) is 31.2 Å². The molecule has 0 radical (unpaired) electrons. The number of rotatable bonds is 2. The first-order chi connectivity index (χ1) is 8.11. The molecule has 1 heteroatoms. The van der Waals surface area contributed by atoms with Crippen LogP contribution in [0.3, 0.4) is 0 Å². The molecule has 0 saturated heterocycles. The van der Waals surface area contributed by atoms with Gasteiger partial charge in [0.1, 0.15) is 0 Å². The van der Waals surface area contributed by atoms with E-state index in [1.54, 1.807) is 0 Å². The normalized spacial score (nSPS) is 19.8. The third-order valence-corrected chi connectivity index (χ3v) is 4.07. The van der Waals surface area contributed by atoms with Crippen molar-refractivity contribution < 1.29 is 0 Å². The first-order valence-corrected chi connectivity index (χ1v) is 6.56. The van der Waals surface area contributed by atoms with Crippen molar-refractivity contribution in [1.29, 1.82) is 5.26 Å². The van der Waals surface area contributed by atoms with Crippen molar-refractivity contribution in [3.63, 3.8) is 0 Å². The number of nitrogens with zero attached hydrogens (tertiary/aromatic N) is 1. The number of hydrogen-bond acceptors (Lipinski definition) is 1. The second-order valence-corrected chi connectivity index (χ2v) is 6.01. The second kappa shape index (κ2) is 4.92. The van der Waals surface area contributed by atoms with Crippen LogP contribution in [0.1, 0.15) is 56.6 Å². The van der Waals surface area contributed by atoms with Gasteiger partial charge in [-0.15, -0.1) is 0 Å². The molecule has 1 aromatic carbocycles. The molecule has 0 atom stereocenters. The average Bonchev–Trinajstić information content (AvgIpc) is 2.31. The zero-order valence-electron chi connectivity index (χ0n) is 10.9. The van der Waals surface area contributed by atoms with Crippen LogP contribution in [0.2, 0.25) is 0 Å². The lowest BCUT2D eigenvalue weighted by atomic mass is 9.71. The van der Waals surface area contributed by atoms with Gasteiger partial charge in [-0.05, 0) is 48.1 Å². The molecule has 0 spiro atoms. The Morgan fingerprint density at radius 3 is 2.29 bits per heavy atom. The maximum absolute atomic E-state index is 8.65. The summed E-state index contributed by atoms with van der Waals surface area (Å²) in [6, 6.07) is 10.8. The van der Waals surface area contributed by atoms with Crippen molar-refractivity contribution >= 4 is 0 Å². The molecule has 90 valence electrons. The van der Waals surface area contributed by atoms with Crippen LogP contribution in [0.5, 0.6) is 0 Å². The monoisotopic (exact) mass is 227 g/mol. The zero-order valence-corrected chi connectivity index (χ0v) is 10.9. The van der Waals surface area contributed by atoms with E-state index in [-0.39, 0.29) is 0 Å². The Morgan fingerprint density at radius 1 is 1.18 bits per heavy atom. The molecule has 0 aromatic heterocycles. The molecular weight excluding hydrogens is 206 g/mol. The Bertz CT molecular complexity index is 398. The molecule has 17 heavy (non-hydrogen) atoms. The molecule has 1 aliphatic carbocycles. The maximum Gasteiger partial charge on any atom is 0.0669 e. The molecule has 1 aromatic rings. The summed E-state index contributed by atoms with van der Waals surface area (Å²) in [7, 11) is 0. The van der Waals surface area contributed by atoms with E-state index >= 15 is 0 Å². The predicted octanol–water partition coefficient (Wildman–Crippen LogP) is 4.44. The average molecular weight is 227 g/mol. The highest BCUT2D eigenvalue weighted by Gasteiger charge is 2.27. The molecule has 0 N–H and O–H groups in total. The van der Waals surface area contributed by atoms with Crippen LogP contribution in [0.4, 0.5) is 0 Å². The molecule has 0 amide bonds. The lowest BCUT2D eigenvalue weighted by Gasteiger charge is -2.34. The summed E-state index contributed by atoms with van der Waals surface area (Å²) in [5, 5.41) is 8.65. The molecule has 1 nitrogen and oxygen atoms in total. The highest BCUT2D eigenvalue weighted by atomic mass is 14.3. The second-order valence-electron chi connectivity index (χ2n) is 6.01. The largest absolute Gasteiger partial charge is 0.198 e. The van der Waals surface area contributed by atoms with Crippen molar-refractivity contribution in [1.82, 2.24) is 0 Å². The lowest BCUT2D eigenvalue weighted by Crippen LogP contribution is -2.20. The maximum atomic E-state index is 8.65. The van der Waals surface area contributed by atoms with Gasteiger partial charge in [0, 0.05) is 0 Å². The van der Waals surface area contributed by atoms with Crippen LogP contribution in [-0.2, 0) is 6.42 Å². The molecule has 0 bridgehead atoms. The first kappa shape index (κ1) is 12.2. The summed E-state index contributed by atoms with van der Waals surface area (Å²) >= 11 is 0. The third-order valence-electron chi connectivity index (χ3n) is 4.07. The van der Waals surface area contributed by atoms with E-state index < -0.39 is 0 Å². The molecule has 0 aliphatic heterocycles. The van der Waals surface area contributed by atoms with Gasteiger partial charge < -0.3 is 0 Å². The summed E-state index contributed by atoms with van der Waals surface area (Å²) in [5.41, 5.74) is 3.13. The molecular formula is C16H21N. The van der Waals surface area contributed by atoms with Crippen LogP contribution in [0.25, 0.3) is 0 Å². The van der Waals surface area contributed by atoms with Gasteiger partial charge in [-0.25, -0.2) is 0 Å². The summed E-state index contributed by atoms with van der Waals surface area (Å²) in [5.74, 6) is 0.735. The molecule has 0 unspecified atom stereocenters. The lowest BCUT2D eigenvalue weighted by molar-refractivity contribution is 0.224. The van der Waals surface area contributed by atoms with Gasteiger partial charge in [-0.3, -0.25) is 0 Å². The number of hydrogen-bond donors (Lipinski definition) is 0. The van der Waals surface area contributed by atoms with Crippen molar-refractivity contribution in [2.75, 3.05) is 0 Å². The van der Waals surface area contributed by atoms with Crippen LogP contribution >= 0.6 is 0 Å². The standard InChI is InChI=1S/C16H21N/c1-16(2)10-7-15(8-11-16)14-5-3-13(4-6-14)9-12-17/h3-6,15H,7-11H2,1-2H3. The minimum absolute atomic E-state index is 0.526. The SMILES string of the molecule is CC1(C)CCC(c2ccc(CC#N)cc2)CC1. The Kier molecular flexibility index (Phi) is 3.52. The fourth-order valence-corrected chi connectivity index (χ4v) is 2.73. The summed E-state index contributed by atoms with van der Waals surface area (Å²) < 4.78 is 0. The van der Waals surface area contributed by atoms with Gasteiger partial charge in [0.2, 0.25) is 0 Å². The first-order valence-electron chi connectivity index (χ1n) is 6.56. The van der Waals surface area contributed by atoms with Crippen LogP contribution in [-0.4, -0.2) is 0 Å². The summed E-state index contributed by atoms with van der Waals surface area (Å²) in [6.07, 6.45) is 5.81. The van der Waals surface area contributed by atoms with Crippen LogP contribution in [0, 0.1) is 16.7 Å². The zero-order chi connectivity index (χ0) is 12.3. The molecule has 0 heterocycles. The van der Waals surface area contributed by atoms with E-state index in [2.05, 4.69) is 44.2 Å². The Morgan fingerprint density at radius 2 is 1.76 bits per heavy atom. The minimum Gasteiger partial charge on any atom is -0.198 e. The Hall–Kier alpha value is -1.29. The van der Waals surface area contributed by atoms with Crippen molar-refractivity contribution in [2.24, 2.45) is 5.41 Å². The molecule has 1 fully saturated rings. The number of benzene rings is 1. The van der Waals surface area contributed by atoms with Crippen molar-refractivity contribution in [3.05, 3.63) is 35.4 Å². The van der Waals surface area contributed by atoms with Crippen molar-refractivity contribution in [2.45, 2.75) is 51.9 Å². The number of nitriles is 1. The van der Waals surface area contributed by atoms with Crippen molar-refractivity contribution in [3.8, 4) is 6.07 Å². The fourth-order valence-electron chi connectivity index (χ4n) is 2.73. The third kappa shape index (κ3) is 3.09. The Balaban J connectivity index is 2.02. The van der Waals surface area contributed by atoms with Gasteiger partial charge in [-0.2, -0.15) is 5.26 Å². The van der Waals surface area contributed by atoms with Gasteiger partial charge in [0.15, 0.2) is 0 Å². The highest BCUT2D eigenvalue weighted by molar-refractivity contribution is 5.27. The fraction of sp³-hybridized carbons (Fsp3) is 0.562. The predicted molar refractivity (Wildman–Crippen MR) is 70.7 cm³/mol. The smallest absolute Gasteiger partial charge is 0.0669 e. The van der Waals surface area contributed by atoms with Crippen LogP contribution in [0.15, 0.2) is 24.3 Å². The van der Waals surface area contributed by atoms with E-state index in [1.807, 2.05) is 0 Å². The van der Waals surface area contributed by atoms with E-state index in [9.17, 15) is 0 Å². The van der Waals surface area contributed by atoms with E-state index in [0.717, 1.165) is 11.5 Å². The van der Waals surface area contributed by atoms with E-state index in [4.69, 9.17) is 5.26 Å². The van der Waals surface area contributed by atoms with Gasteiger partial charge in [0.05, 0.1) is 12.5 Å². The highest BCUT2D eigenvalue weighted by Crippen LogP contribution is 2.42.